The Morgan fingerprint density at radius 2 is 2.36 bits per heavy atom. The molecular formula is C15H21N3O3S. The van der Waals surface area contributed by atoms with E-state index in [2.05, 4.69) is 10.3 Å². The van der Waals surface area contributed by atoms with Crippen molar-refractivity contribution in [2.75, 3.05) is 26.2 Å². The summed E-state index contributed by atoms with van der Waals surface area (Å²) in [6.45, 7) is 4.69. The van der Waals surface area contributed by atoms with Crippen LogP contribution in [-0.2, 0) is 9.53 Å². The van der Waals surface area contributed by atoms with Gasteiger partial charge in [0.25, 0.3) is 5.91 Å². The minimum atomic E-state index is -0.137. The van der Waals surface area contributed by atoms with E-state index in [-0.39, 0.29) is 23.8 Å². The first-order valence-corrected chi connectivity index (χ1v) is 8.69. The number of fused-ring (bicyclic) bond motifs is 1. The topological polar surface area (TPSA) is 71.5 Å². The lowest BCUT2D eigenvalue weighted by Gasteiger charge is -2.20. The van der Waals surface area contributed by atoms with Crippen LogP contribution in [0.1, 0.15) is 30.3 Å². The quantitative estimate of drug-likeness (QED) is 0.882. The average molecular weight is 323 g/mol. The van der Waals surface area contributed by atoms with Crippen LogP contribution < -0.4 is 5.32 Å². The molecule has 3 atom stereocenters. The predicted octanol–water partition coefficient (Wildman–Crippen LogP) is 1.15. The van der Waals surface area contributed by atoms with Gasteiger partial charge in [0.1, 0.15) is 5.69 Å². The predicted molar refractivity (Wildman–Crippen MR) is 82.7 cm³/mol. The molecule has 2 fully saturated rings. The third-order valence-electron chi connectivity index (χ3n) is 4.45. The molecule has 0 bridgehead atoms. The molecule has 7 heteroatoms. The zero-order chi connectivity index (χ0) is 15.5. The van der Waals surface area contributed by atoms with Crippen molar-refractivity contribution in [1.29, 1.82) is 0 Å². The van der Waals surface area contributed by atoms with Gasteiger partial charge < -0.3 is 15.0 Å². The molecule has 2 aliphatic rings. The van der Waals surface area contributed by atoms with Gasteiger partial charge in [-0.05, 0) is 6.42 Å². The smallest absolute Gasteiger partial charge is 0.270 e. The lowest BCUT2D eigenvalue weighted by Crippen LogP contribution is -2.35. The van der Waals surface area contributed by atoms with E-state index >= 15 is 0 Å². The van der Waals surface area contributed by atoms with Gasteiger partial charge >= 0.3 is 0 Å². The van der Waals surface area contributed by atoms with E-state index in [1.807, 2.05) is 11.8 Å². The molecule has 1 N–H and O–H groups in total. The summed E-state index contributed by atoms with van der Waals surface area (Å²) < 4.78 is 5.81. The zero-order valence-corrected chi connectivity index (χ0v) is 13.5. The Morgan fingerprint density at radius 3 is 3.09 bits per heavy atom. The fraction of sp³-hybridized carbons (Fsp3) is 0.667. The molecule has 1 aromatic rings. The molecule has 0 spiro atoms. The molecule has 0 saturated carbocycles. The molecule has 1 aromatic heterocycles. The second kappa shape index (κ2) is 6.75. The van der Waals surface area contributed by atoms with E-state index in [0.717, 1.165) is 13.0 Å². The Bertz CT molecular complexity index is 534. The molecule has 3 rings (SSSR count). The average Bonchev–Trinajstić information content (AvgIpc) is 3.22. The van der Waals surface area contributed by atoms with Crippen LogP contribution in [0.2, 0.25) is 0 Å². The molecule has 2 aliphatic heterocycles. The van der Waals surface area contributed by atoms with Gasteiger partial charge in [-0.15, -0.1) is 11.3 Å². The highest BCUT2D eigenvalue weighted by atomic mass is 32.1. The number of nitrogens with one attached hydrogen (secondary N) is 1. The fourth-order valence-corrected chi connectivity index (χ4v) is 3.76. The van der Waals surface area contributed by atoms with Crippen LogP contribution in [0.5, 0.6) is 0 Å². The standard InChI is InChI=1S/C15H21N3O3S/c1-2-3-14(19)18-5-11-10(7-21-13(11)6-18)4-16-15(20)12-8-22-9-17-12/h8-11,13H,2-7H2,1H3,(H,16,20)/t10-,11+,13+/m0/s1. The van der Waals surface area contributed by atoms with Crippen molar-refractivity contribution in [1.82, 2.24) is 15.2 Å². The molecule has 120 valence electrons. The minimum Gasteiger partial charge on any atom is -0.376 e. The second-order valence-corrected chi connectivity index (χ2v) is 6.65. The third kappa shape index (κ3) is 3.15. The van der Waals surface area contributed by atoms with Crippen molar-refractivity contribution in [3.05, 3.63) is 16.6 Å². The molecule has 6 nitrogen and oxygen atoms in total. The van der Waals surface area contributed by atoms with Crippen molar-refractivity contribution >= 4 is 23.2 Å². The van der Waals surface area contributed by atoms with Crippen LogP contribution >= 0.6 is 11.3 Å². The van der Waals surface area contributed by atoms with Gasteiger partial charge in [0.05, 0.1) is 18.2 Å². The lowest BCUT2D eigenvalue weighted by molar-refractivity contribution is -0.131. The third-order valence-corrected chi connectivity index (χ3v) is 5.03. The van der Waals surface area contributed by atoms with E-state index in [9.17, 15) is 9.59 Å². The SMILES string of the molecule is CCCC(=O)N1C[C@@H]2[C@@H](CNC(=O)c3cscn3)CO[C@@H]2C1. The number of carbonyl (C=O) groups is 2. The number of thiazole rings is 1. The number of hydrogen-bond acceptors (Lipinski definition) is 5. The highest BCUT2D eigenvalue weighted by Gasteiger charge is 2.44. The van der Waals surface area contributed by atoms with E-state index in [1.165, 1.54) is 11.3 Å². The van der Waals surface area contributed by atoms with Gasteiger partial charge in [0.2, 0.25) is 5.91 Å². The number of rotatable bonds is 5. The summed E-state index contributed by atoms with van der Waals surface area (Å²) in [5, 5.41) is 4.67. The van der Waals surface area contributed by atoms with Crippen LogP contribution in [0.25, 0.3) is 0 Å². The number of nitrogens with zero attached hydrogens (tertiary/aromatic N) is 2. The van der Waals surface area contributed by atoms with Gasteiger partial charge in [-0.2, -0.15) is 0 Å². The number of ether oxygens (including phenoxy) is 1. The van der Waals surface area contributed by atoms with Crippen molar-refractivity contribution in [2.24, 2.45) is 11.8 Å². The Morgan fingerprint density at radius 1 is 1.50 bits per heavy atom. The molecule has 0 unspecified atom stereocenters. The zero-order valence-electron chi connectivity index (χ0n) is 12.7. The van der Waals surface area contributed by atoms with E-state index < -0.39 is 0 Å². The Hall–Kier alpha value is -1.47. The van der Waals surface area contributed by atoms with Crippen molar-refractivity contribution in [3.63, 3.8) is 0 Å². The van der Waals surface area contributed by atoms with Gasteiger partial charge in [-0.3, -0.25) is 9.59 Å². The first kappa shape index (κ1) is 15.4. The molecule has 0 radical (unpaired) electrons. The van der Waals surface area contributed by atoms with E-state index in [0.29, 0.717) is 37.7 Å². The van der Waals surface area contributed by atoms with Crippen LogP contribution in [0, 0.1) is 11.8 Å². The minimum absolute atomic E-state index is 0.127. The summed E-state index contributed by atoms with van der Waals surface area (Å²) in [6.07, 6.45) is 1.60. The largest absolute Gasteiger partial charge is 0.376 e. The first-order chi connectivity index (χ1) is 10.7. The van der Waals surface area contributed by atoms with Gasteiger partial charge in [-0.1, -0.05) is 6.92 Å². The molecule has 2 amide bonds. The van der Waals surface area contributed by atoms with Crippen molar-refractivity contribution in [2.45, 2.75) is 25.9 Å². The van der Waals surface area contributed by atoms with E-state index in [1.54, 1.807) is 10.9 Å². The number of likely N-dealkylation sites (tertiary alicyclic amines) is 1. The Labute approximate surface area is 133 Å². The highest BCUT2D eigenvalue weighted by molar-refractivity contribution is 7.07. The van der Waals surface area contributed by atoms with Crippen LogP contribution in [-0.4, -0.2) is 54.0 Å². The normalized spacial score (nSPS) is 27.0. The summed E-state index contributed by atoms with van der Waals surface area (Å²) in [6, 6.07) is 0. The molecule has 0 aromatic carbocycles. The number of amides is 2. The number of hydrogen-bond donors (Lipinski definition) is 1. The summed E-state index contributed by atoms with van der Waals surface area (Å²) >= 11 is 1.41. The maximum Gasteiger partial charge on any atom is 0.270 e. The number of aromatic nitrogens is 1. The molecule has 22 heavy (non-hydrogen) atoms. The Kier molecular flexibility index (Phi) is 4.73. The number of carbonyl (C=O) groups excluding carboxylic acids is 2. The Balaban J connectivity index is 1.51. The molecule has 0 aliphatic carbocycles. The maximum absolute atomic E-state index is 12.0. The lowest BCUT2D eigenvalue weighted by atomic mass is 9.93. The van der Waals surface area contributed by atoms with Gasteiger partial charge in [0, 0.05) is 43.3 Å². The fourth-order valence-electron chi connectivity index (χ4n) is 3.22. The van der Waals surface area contributed by atoms with Gasteiger partial charge in [0.15, 0.2) is 0 Å². The molecular weight excluding hydrogens is 302 g/mol. The summed E-state index contributed by atoms with van der Waals surface area (Å²) in [7, 11) is 0. The van der Waals surface area contributed by atoms with Crippen LogP contribution in [0.4, 0.5) is 0 Å². The first-order valence-electron chi connectivity index (χ1n) is 7.74. The highest BCUT2D eigenvalue weighted by Crippen LogP contribution is 2.33. The van der Waals surface area contributed by atoms with E-state index in [4.69, 9.17) is 4.74 Å². The van der Waals surface area contributed by atoms with Crippen molar-refractivity contribution in [3.8, 4) is 0 Å². The monoisotopic (exact) mass is 323 g/mol. The van der Waals surface area contributed by atoms with Crippen LogP contribution in [0.3, 0.4) is 0 Å². The summed E-state index contributed by atoms with van der Waals surface area (Å²) in [5.41, 5.74) is 2.12. The molecule has 3 heterocycles. The van der Waals surface area contributed by atoms with Gasteiger partial charge in [-0.25, -0.2) is 4.98 Å². The second-order valence-electron chi connectivity index (χ2n) is 5.93. The maximum atomic E-state index is 12.0. The molecule has 2 saturated heterocycles. The summed E-state index contributed by atoms with van der Waals surface area (Å²) in [4.78, 5) is 29.9. The van der Waals surface area contributed by atoms with Crippen molar-refractivity contribution < 1.29 is 14.3 Å². The van der Waals surface area contributed by atoms with Crippen LogP contribution in [0.15, 0.2) is 10.9 Å². The summed E-state index contributed by atoms with van der Waals surface area (Å²) in [5.74, 6) is 0.677.